The van der Waals surface area contributed by atoms with Gasteiger partial charge in [-0.15, -0.1) is 0 Å². The van der Waals surface area contributed by atoms with Gasteiger partial charge in [0.25, 0.3) is 0 Å². The molecule has 0 heterocycles. The second kappa shape index (κ2) is 5.28. The zero-order chi connectivity index (χ0) is 14.9. The van der Waals surface area contributed by atoms with Crippen LogP contribution in [0.15, 0.2) is 24.3 Å². The van der Waals surface area contributed by atoms with Crippen molar-refractivity contribution in [2.75, 3.05) is 18.2 Å². The van der Waals surface area contributed by atoms with Gasteiger partial charge in [0.05, 0.1) is 12.8 Å². The number of ether oxygens (including phenoxy) is 1. The van der Waals surface area contributed by atoms with Crippen molar-refractivity contribution in [1.82, 2.24) is 0 Å². The SMILES string of the molecule is COc1cc(Nc2c(F)c(F)cc(F)c2F)ccc1N. The Balaban J connectivity index is 2.45. The van der Waals surface area contributed by atoms with E-state index in [1.54, 1.807) is 0 Å². The van der Waals surface area contributed by atoms with Crippen LogP contribution < -0.4 is 15.8 Å². The number of nitrogen functional groups attached to an aromatic ring is 1. The molecule has 20 heavy (non-hydrogen) atoms. The van der Waals surface area contributed by atoms with Crippen molar-refractivity contribution in [3.63, 3.8) is 0 Å². The summed E-state index contributed by atoms with van der Waals surface area (Å²) in [6.07, 6.45) is 0. The molecule has 3 N–H and O–H groups in total. The van der Waals surface area contributed by atoms with Crippen LogP contribution >= 0.6 is 0 Å². The molecule has 0 spiro atoms. The predicted octanol–water partition coefficient (Wildman–Crippen LogP) is 3.58. The van der Waals surface area contributed by atoms with Gasteiger partial charge in [0.15, 0.2) is 23.3 Å². The highest BCUT2D eigenvalue weighted by molar-refractivity contribution is 5.67. The standard InChI is InChI=1S/C13H10F4N2O/c1-20-10-4-6(2-3-9(10)18)19-13-11(16)7(14)5-8(15)12(13)17/h2-5,19H,18H2,1H3. The molecule has 0 fully saturated rings. The lowest BCUT2D eigenvalue weighted by molar-refractivity contribution is 0.417. The van der Waals surface area contributed by atoms with Crippen molar-refractivity contribution in [3.8, 4) is 5.75 Å². The average molecular weight is 286 g/mol. The molecule has 2 rings (SSSR count). The summed E-state index contributed by atoms with van der Waals surface area (Å²) in [6, 6.07) is 4.29. The van der Waals surface area contributed by atoms with Crippen molar-refractivity contribution in [2.24, 2.45) is 0 Å². The quantitative estimate of drug-likeness (QED) is 0.515. The average Bonchev–Trinajstić information content (AvgIpc) is 2.43. The summed E-state index contributed by atoms with van der Waals surface area (Å²) < 4.78 is 58.0. The topological polar surface area (TPSA) is 47.3 Å². The van der Waals surface area contributed by atoms with Crippen molar-refractivity contribution >= 4 is 17.1 Å². The largest absolute Gasteiger partial charge is 0.495 e. The Morgan fingerprint density at radius 3 is 2.15 bits per heavy atom. The molecular weight excluding hydrogens is 276 g/mol. The third-order valence-electron chi connectivity index (χ3n) is 2.61. The molecule has 0 amide bonds. The van der Waals surface area contributed by atoms with E-state index in [-0.39, 0.29) is 17.5 Å². The van der Waals surface area contributed by atoms with Gasteiger partial charge in [0, 0.05) is 17.8 Å². The Labute approximate surface area is 112 Å². The number of hydrogen-bond acceptors (Lipinski definition) is 3. The third-order valence-corrected chi connectivity index (χ3v) is 2.61. The van der Waals surface area contributed by atoms with Crippen LogP contribution in [-0.4, -0.2) is 7.11 Å². The zero-order valence-electron chi connectivity index (χ0n) is 10.3. The van der Waals surface area contributed by atoms with Crippen LogP contribution in [0.1, 0.15) is 0 Å². The van der Waals surface area contributed by atoms with Crippen LogP contribution in [0.25, 0.3) is 0 Å². The summed E-state index contributed by atoms with van der Waals surface area (Å²) in [4.78, 5) is 0. The Morgan fingerprint density at radius 1 is 1.00 bits per heavy atom. The highest BCUT2D eigenvalue weighted by Crippen LogP contribution is 2.30. The van der Waals surface area contributed by atoms with Crippen LogP contribution in [0.2, 0.25) is 0 Å². The summed E-state index contributed by atoms with van der Waals surface area (Å²) in [5, 5.41) is 2.26. The molecule has 2 aromatic rings. The second-order valence-corrected chi connectivity index (χ2v) is 3.92. The Bertz CT molecular complexity index is 635. The second-order valence-electron chi connectivity index (χ2n) is 3.92. The van der Waals surface area contributed by atoms with Crippen LogP contribution in [-0.2, 0) is 0 Å². The number of hydrogen-bond donors (Lipinski definition) is 2. The van der Waals surface area contributed by atoms with Crippen molar-refractivity contribution in [2.45, 2.75) is 0 Å². The molecule has 0 radical (unpaired) electrons. The Morgan fingerprint density at radius 2 is 1.60 bits per heavy atom. The molecule has 0 aliphatic rings. The van der Waals surface area contributed by atoms with Crippen LogP contribution in [0.5, 0.6) is 5.75 Å². The van der Waals surface area contributed by atoms with Crippen molar-refractivity contribution < 1.29 is 22.3 Å². The third kappa shape index (κ3) is 2.47. The van der Waals surface area contributed by atoms with Gasteiger partial charge in [-0.1, -0.05) is 0 Å². The van der Waals surface area contributed by atoms with Crippen molar-refractivity contribution in [3.05, 3.63) is 47.5 Å². The Hall–Kier alpha value is -2.44. The van der Waals surface area contributed by atoms with E-state index in [0.29, 0.717) is 5.69 Å². The van der Waals surface area contributed by atoms with Crippen LogP contribution in [0.4, 0.5) is 34.6 Å². The first kappa shape index (κ1) is 14.0. The number of rotatable bonds is 3. The number of nitrogens with one attached hydrogen (secondary N) is 1. The minimum absolute atomic E-state index is 0.138. The fraction of sp³-hybridized carbons (Fsp3) is 0.0769. The van der Waals surface area contributed by atoms with Gasteiger partial charge in [-0.2, -0.15) is 0 Å². The first-order valence-corrected chi connectivity index (χ1v) is 5.47. The first-order valence-electron chi connectivity index (χ1n) is 5.47. The number of methoxy groups -OCH3 is 1. The molecule has 0 bridgehead atoms. The van der Waals surface area contributed by atoms with Gasteiger partial charge in [-0.05, 0) is 12.1 Å². The smallest absolute Gasteiger partial charge is 0.185 e. The van der Waals surface area contributed by atoms with Crippen LogP contribution in [0.3, 0.4) is 0 Å². The molecule has 0 aliphatic heterocycles. The summed E-state index contributed by atoms with van der Waals surface area (Å²) >= 11 is 0. The molecule has 7 heteroatoms. The van der Waals surface area contributed by atoms with E-state index in [1.165, 1.54) is 25.3 Å². The minimum atomic E-state index is -1.51. The van der Waals surface area contributed by atoms with Gasteiger partial charge in [-0.3, -0.25) is 0 Å². The van der Waals surface area contributed by atoms with E-state index in [9.17, 15) is 17.6 Å². The molecule has 106 valence electrons. The zero-order valence-corrected chi connectivity index (χ0v) is 10.3. The molecule has 0 saturated heterocycles. The van der Waals surface area contributed by atoms with Gasteiger partial charge >= 0.3 is 0 Å². The minimum Gasteiger partial charge on any atom is -0.495 e. The number of benzene rings is 2. The summed E-state index contributed by atoms with van der Waals surface area (Å²) in [5.41, 5.74) is 5.13. The number of anilines is 3. The number of halogens is 4. The lowest BCUT2D eigenvalue weighted by atomic mass is 10.2. The Kier molecular flexibility index (Phi) is 3.69. The molecule has 2 aromatic carbocycles. The van der Waals surface area contributed by atoms with Crippen LogP contribution in [0, 0.1) is 23.3 Å². The number of nitrogens with two attached hydrogens (primary N) is 1. The summed E-state index contributed by atoms with van der Waals surface area (Å²) in [7, 11) is 1.36. The first-order chi connectivity index (χ1) is 9.43. The highest BCUT2D eigenvalue weighted by atomic mass is 19.2. The molecular formula is C13H10F4N2O. The maximum absolute atomic E-state index is 13.5. The molecule has 3 nitrogen and oxygen atoms in total. The van der Waals surface area contributed by atoms with E-state index < -0.39 is 29.0 Å². The fourth-order valence-corrected chi connectivity index (χ4v) is 1.62. The van der Waals surface area contributed by atoms with Gasteiger partial charge in [-0.25, -0.2) is 17.6 Å². The highest BCUT2D eigenvalue weighted by Gasteiger charge is 2.19. The molecule has 0 aromatic heterocycles. The van der Waals surface area contributed by atoms with E-state index in [4.69, 9.17) is 10.5 Å². The van der Waals surface area contributed by atoms with E-state index in [2.05, 4.69) is 5.32 Å². The predicted molar refractivity (Wildman–Crippen MR) is 67.0 cm³/mol. The monoisotopic (exact) mass is 286 g/mol. The van der Waals surface area contributed by atoms with Crippen molar-refractivity contribution in [1.29, 1.82) is 0 Å². The van der Waals surface area contributed by atoms with Gasteiger partial charge in [0.2, 0.25) is 0 Å². The van der Waals surface area contributed by atoms with E-state index >= 15 is 0 Å². The van der Waals surface area contributed by atoms with E-state index in [0.717, 1.165) is 0 Å². The molecule has 0 atom stereocenters. The normalized spacial score (nSPS) is 10.4. The lowest BCUT2D eigenvalue weighted by Gasteiger charge is -2.12. The maximum atomic E-state index is 13.5. The lowest BCUT2D eigenvalue weighted by Crippen LogP contribution is -2.03. The molecule has 0 saturated carbocycles. The molecule has 0 aliphatic carbocycles. The van der Waals surface area contributed by atoms with Gasteiger partial charge in [0.1, 0.15) is 11.4 Å². The summed E-state index contributed by atoms with van der Waals surface area (Å²) in [5.74, 6) is -5.75. The molecule has 0 unspecified atom stereocenters. The van der Waals surface area contributed by atoms with E-state index in [1.807, 2.05) is 0 Å². The van der Waals surface area contributed by atoms with Gasteiger partial charge < -0.3 is 15.8 Å². The summed E-state index contributed by atoms with van der Waals surface area (Å²) in [6.45, 7) is 0. The fourth-order valence-electron chi connectivity index (χ4n) is 1.62. The maximum Gasteiger partial charge on any atom is 0.185 e.